The minimum absolute atomic E-state index is 0.190. The van der Waals surface area contributed by atoms with E-state index >= 15 is 0 Å². The van der Waals surface area contributed by atoms with Gasteiger partial charge in [-0.2, -0.15) is 0 Å². The van der Waals surface area contributed by atoms with Crippen molar-refractivity contribution in [2.75, 3.05) is 20.0 Å². The van der Waals surface area contributed by atoms with Crippen LogP contribution in [-0.4, -0.2) is 30.9 Å². The fourth-order valence-electron chi connectivity index (χ4n) is 1.89. The normalized spacial score (nSPS) is 10.6. The molecule has 106 valence electrons. The van der Waals surface area contributed by atoms with E-state index < -0.39 is 0 Å². The van der Waals surface area contributed by atoms with E-state index in [1.165, 1.54) is 7.11 Å². The van der Waals surface area contributed by atoms with Crippen molar-refractivity contribution in [2.24, 2.45) is 0 Å². The number of thioether (sulfide) groups is 1. The molecule has 0 radical (unpaired) electrons. The lowest BCUT2D eigenvalue weighted by Crippen LogP contribution is -2.01. The van der Waals surface area contributed by atoms with Crippen LogP contribution in [0.2, 0.25) is 0 Å². The van der Waals surface area contributed by atoms with Crippen molar-refractivity contribution in [3.63, 3.8) is 0 Å². The molecular weight excluding hydrogens is 274 g/mol. The lowest BCUT2D eigenvalue weighted by molar-refractivity contribution is -0.140. The number of fused-ring (bicyclic) bond motifs is 1. The molecule has 0 fully saturated rings. The first-order chi connectivity index (χ1) is 9.63. The van der Waals surface area contributed by atoms with E-state index in [0.29, 0.717) is 12.2 Å². The fraction of sp³-hybridized carbons (Fsp3) is 0.333. The lowest BCUT2D eigenvalue weighted by Gasteiger charge is -2.09. The van der Waals surface area contributed by atoms with Crippen LogP contribution in [0.25, 0.3) is 10.9 Å². The van der Waals surface area contributed by atoms with Gasteiger partial charge in [-0.25, -0.2) is 0 Å². The summed E-state index contributed by atoms with van der Waals surface area (Å²) in [5.74, 6) is 1.30. The molecule has 5 heteroatoms. The van der Waals surface area contributed by atoms with E-state index in [2.05, 4.69) is 9.72 Å². The van der Waals surface area contributed by atoms with Crippen molar-refractivity contribution in [3.8, 4) is 5.75 Å². The van der Waals surface area contributed by atoms with Crippen LogP contribution in [0.4, 0.5) is 0 Å². The van der Waals surface area contributed by atoms with E-state index in [1.54, 1.807) is 18.9 Å². The van der Waals surface area contributed by atoms with Crippen molar-refractivity contribution in [2.45, 2.75) is 18.2 Å². The second-order valence-electron chi connectivity index (χ2n) is 4.32. The first-order valence-electron chi connectivity index (χ1n) is 6.29. The molecule has 20 heavy (non-hydrogen) atoms. The second kappa shape index (κ2) is 6.61. The number of ether oxygens (including phenoxy) is 2. The molecule has 4 nitrogen and oxygen atoms in total. The Hall–Kier alpha value is -1.75. The molecule has 0 saturated heterocycles. The zero-order valence-corrected chi connectivity index (χ0v) is 12.6. The smallest absolute Gasteiger partial charge is 0.306 e. The summed E-state index contributed by atoms with van der Waals surface area (Å²) in [6.45, 7) is 1.97. The number of aromatic nitrogens is 1. The van der Waals surface area contributed by atoms with Gasteiger partial charge in [-0.3, -0.25) is 9.78 Å². The van der Waals surface area contributed by atoms with Crippen molar-refractivity contribution < 1.29 is 14.3 Å². The Labute approximate surface area is 122 Å². The summed E-state index contributed by atoms with van der Waals surface area (Å²) in [6, 6.07) is 7.86. The number of benzene rings is 1. The monoisotopic (exact) mass is 291 g/mol. The van der Waals surface area contributed by atoms with Gasteiger partial charge in [-0.05, 0) is 31.2 Å². The van der Waals surface area contributed by atoms with Crippen molar-refractivity contribution in [3.05, 3.63) is 30.0 Å². The van der Waals surface area contributed by atoms with E-state index in [0.717, 1.165) is 27.2 Å². The fourth-order valence-corrected chi connectivity index (χ4v) is 2.95. The Morgan fingerprint density at radius 3 is 2.80 bits per heavy atom. The van der Waals surface area contributed by atoms with E-state index in [4.69, 9.17) is 4.74 Å². The van der Waals surface area contributed by atoms with Crippen LogP contribution < -0.4 is 4.74 Å². The van der Waals surface area contributed by atoms with Gasteiger partial charge in [0.05, 0.1) is 26.2 Å². The van der Waals surface area contributed by atoms with Gasteiger partial charge < -0.3 is 9.47 Å². The van der Waals surface area contributed by atoms with E-state index in [9.17, 15) is 4.79 Å². The molecule has 1 aromatic heterocycles. The van der Waals surface area contributed by atoms with Gasteiger partial charge in [-0.1, -0.05) is 0 Å². The van der Waals surface area contributed by atoms with Gasteiger partial charge in [0.1, 0.15) is 5.75 Å². The summed E-state index contributed by atoms with van der Waals surface area (Å²) in [4.78, 5) is 16.8. The number of hydrogen-bond donors (Lipinski definition) is 0. The Kier molecular flexibility index (Phi) is 4.84. The minimum atomic E-state index is -0.190. The zero-order chi connectivity index (χ0) is 14.5. The average Bonchev–Trinajstić information content (AvgIpc) is 2.46. The van der Waals surface area contributed by atoms with Crippen LogP contribution in [0.3, 0.4) is 0 Å². The molecule has 0 saturated carbocycles. The molecule has 0 spiro atoms. The largest absolute Gasteiger partial charge is 0.497 e. The Bertz CT molecular complexity index is 628. The Morgan fingerprint density at radius 1 is 1.30 bits per heavy atom. The molecule has 0 aliphatic rings. The molecule has 2 aromatic rings. The van der Waals surface area contributed by atoms with Gasteiger partial charge >= 0.3 is 5.97 Å². The quantitative estimate of drug-likeness (QED) is 0.625. The molecule has 0 atom stereocenters. The van der Waals surface area contributed by atoms with Gasteiger partial charge in [-0.15, -0.1) is 11.8 Å². The van der Waals surface area contributed by atoms with Gasteiger partial charge in [0.2, 0.25) is 0 Å². The molecule has 2 rings (SSSR count). The summed E-state index contributed by atoms with van der Waals surface area (Å²) < 4.78 is 9.91. The molecular formula is C15H17NO3S. The standard InChI is InChI=1S/C15H17NO3S/c1-10-8-14(20-7-6-15(17)19-3)12-9-11(18-2)4-5-13(12)16-10/h4-5,8-9H,6-7H2,1-3H3. The number of carbonyl (C=O) groups excluding carboxylic acids is 1. The summed E-state index contributed by atoms with van der Waals surface area (Å²) >= 11 is 1.63. The van der Waals surface area contributed by atoms with Crippen molar-refractivity contribution >= 4 is 28.6 Å². The van der Waals surface area contributed by atoms with Crippen LogP contribution >= 0.6 is 11.8 Å². The number of rotatable bonds is 5. The van der Waals surface area contributed by atoms with Gasteiger partial charge in [0.15, 0.2) is 0 Å². The SMILES string of the molecule is COC(=O)CCSc1cc(C)nc2ccc(OC)cc12. The highest BCUT2D eigenvalue weighted by Crippen LogP contribution is 2.30. The van der Waals surface area contributed by atoms with Crippen LogP contribution in [-0.2, 0) is 9.53 Å². The number of pyridine rings is 1. The third-order valence-electron chi connectivity index (χ3n) is 2.90. The summed E-state index contributed by atoms with van der Waals surface area (Å²) in [5, 5.41) is 1.05. The van der Waals surface area contributed by atoms with Crippen LogP contribution in [0, 0.1) is 6.92 Å². The highest BCUT2D eigenvalue weighted by molar-refractivity contribution is 7.99. The van der Waals surface area contributed by atoms with Crippen molar-refractivity contribution in [1.82, 2.24) is 4.98 Å². The molecule has 0 N–H and O–H groups in total. The zero-order valence-electron chi connectivity index (χ0n) is 11.8. The molecule has 0 unspecified atom stereocenters. The molecule has 1 aromatic carbocycles. The van der Waals surface area contributed by atoms with Crippen LogP contribution in [0.15, 0.2) is 29.2 Å². The maximum absolute atomic E-state index is 11.2. The Morgan fingerprint density at radius 2 is 2.10 bits per heavy atom. The van der Waals surface area contributed by atoms with E-state index in [-0.39, 0.29) is 5.97 Å². The lowest BCUT2D eigenvalue weighted by atomic mass is 10.2. The number of methoxy groups -OCH3 is 2. The first kappa shape index (κ1) is 14.7. The molecule has 1 heterocycles. The minimum Gasteiger partial charge on any atom is -0.497 e. The maximum Gasteiger partial charge on any atom is 0.306 e. The van der Waals surface area contributed by atoms with E-state index in [1.807, 2.05) is 31.2 Å². The predicted octanol–water partition coefficient (Wildman–Crippen LogP) is 3.21. The highest BCUT2D eigenvalue weighted by atomic mass is 32.2. The molecule has 0 amide bonds. The van der Waals surface area contributed by atoms with Crippen LogP contribution in [0.1, 0.15) is 12.1 Å². The van der Waals surface area contributed by atoms with Crippen molar-refractivity contribution in [1.29, 1.82) is 0 Å². The maximum atomic E-state index is 11.2. The molecule has 0 aliphatic carbocycles. The number of aryl methyl sites for hydroxylation is 1. The molecule has 0 aliphatic heterocycles. The number of carbonyl (C=O) groups is 1. The summed E-state index contributed by atoms with van der Waals surface area (Å²) in [6.07, 6.45) is 0.397. The second-order valence-corrected chi connectivity index (χ2v) is 5.46. The summed E-state index contributed by atoms with van der Waals surface area (Å²) in [7, 11) is 3.05. The summed E-state index contributed by atoms with van der Waals surface area (Å²) in [5.41, 5.74) is 1.90. The number of esters is 1. The number of nitrogens with zero attached hydrogens (tertiary/aromatic N) is 1. The first-order valence-corrected chi connectivity index (χ1v) is 7.27. The topological polar surface area (TPSA) is 48.4 Å². The third-order valence-corrected chi connectivity index (χ3v) is 3.95. The van der Waals surface area contributed by atoms with Gasteiger partial charge in [0.25, 0.3) is 0 Å². The molecule has 0 bridgehead atoms. The third kappa shape index (κ3) is 3.42. The highest BCUT2D eigenvalue weighted by Gasteiger charge is 2.08. The van der Waals surface area contributed by atoms with Gasteiger partial charge in [0, 0.05) is 21.7 Å². The Balaban J connectivity index is 2.28. The predicted molar refractivity (Wildman–Crippen MR) is 80.4 cm³/mol. The average molecular weight is 291 g/mol. The van der Waals surface area contributed by atoms with Crippen LogP contribution in [0.5, 0.6) is 5.75 Å². The number of hydrogen-bond acceptors (Lipinski definition) is 5.